The fourth-order valence-electron chi connectivity index (χ4n) is 2.70. The molecule has 0 bridgehead atoms. The summed E-state index contributed by atoms with van der Waals surface area (Å²) in [5.41, 5.74) is 2.68. The van der Waals surface area contributed by atoms with E-state index in [1.807, 2.05) is 37.3 Å². The maximum Gasteiger partial charge on any atom is 0.251 e. The lowest BCUT2D eigenvalue weighted by Gasteiger charge is -2.28. The number of anilines is 1. The highest BCUT2D eigenvalue weighted by atomic mass is 79.9. The molecule has 1 aliphatic heterocycles. The zero-order chi connectivity index (χ0) is 16.9. The van der Waals surface area contributed by atoms with Gasteiger partial charge in [0.05, 0.1) is 13.2 Å². The third kappa shape index (κ3) is 4.13. The summed E-state index contributed by atoms with van der Waals surface area (Å²) in [6.07, 6.45) is 1.79. The molecule has 1 saturated heterocycles. The molecule has 0 radical (unpaired) electrons. The van der Waals surface area contributed by atoms with Crippen molar-refractivity contribution in [2.75, 3.05) is 31.2 Å². The number of nitrogens with one attached hydrogen (secondary N) is 1. The molecule has 5 nitrogen and oxygen atoms in total. The van der Waals surface area contributed by atoms with Crippen LogP contribution >= 0.6 is 15.9 Å². The number of carbonyl (C=O) groups excluding carboxylic acids is 1. The molecule has 1 amide bonds. The van der Waals surface area contributed by atoms with Crippen molar-refractivity contribution in [3.8, 4) is 0 Å². The second kappa shape index (κ2) is 7.77. The van der Waals surface area contributed by atoms with Crippen molar-refractivity contribution in [1.82, 2.24) is 10.3 Å². The summed E-state index contributed by atoms with van der Waals surface area (Å²) in [6.45, 7) is 5.57. The molecular formula is C18H20BrN3O2. The highest BCUT2D eigenvalue weighted by molar-refractivity contribution is 9.10. The standard InChI is InChI=1S/C18H20BrN3O2/c1-13-10-15(19)2-3-16(13)18(23)21-12-14-4-5-20-17(11-14)22-6-8-24-9-7-22/h2-5,10-11H,6-9,12H2,1H3,(H,21,23). The van der Waals surface area contributed by atoms with E-state index in [2.05, 4.69) is 31.1 Å². The number of aryl methyl sites for hydroxylation is 1. The number of carbonyl (C=O) groups is 1. The molecule has 2 aromatic rings. The van der Waals surface area contributed by atoms with E-state index in [0.717, 1.165) is 47.7 Å². The van der Waals surface area contributed by atoms with Crippen LogP contribution < -0.4 is 10.2 Å². The van der Waals surface area contributed by atoms with Gasteiger partial charge in [-0.1, -0.05) is 15.9 Å². The Morgan fingerprint density at radius 2 is 2.08 bits per heavy atom. The van der Waals surface area contributed by atoms with E-state index in [1.165, 1.54) is 0 Å². The molecule has 1 aliphatic rings. The average molecular weight is 390 g/mol. The Bertz CT molecular complexity index is 730. The maximum absolute atomic E-state index is 12.4. The number of hydrogen-bond donors (Lipinski definition) is 1. The highest BCUT2D eigenvalue weighted by Crippen LogP contribution is 2.17. The first-order chi connectivity index (χ1) is 11.6. The summed E-state index contributed by atoms with van der Waals surface area (Å²) in [5.74, 6) is 0.870. The summed E-state index contributed by atoms with van der Waals surface area (Å²) in [6, 6.07) is 9.61. The monoisotopic (exact) mass is 389 g/mol. The predicted octanol–water partition coefficient (Wildman–Crippen LogP) is 2.92. The zero-order valence-corrected chi connectivity index (χ0v) is 15.2. The lowest BCUT2D eigenvalue weighted by Crippen LogP contribution is -2.36. The third-order valence-corrected chi connectivity index (χ3v) is 4.52. The number of morpholine rings is 1. The van der Waals surface area contributed by atoms with E-state index in [4.69, 9.17) is 4.74 Å². The minimum atomic E-state index is -0.0651. The molecule has 1 aromatic heterocycles. The number of ether oxygens (including phenoxy) is 1. The van der Waals surface area contributed by atoms with Gasteiger partial charge in [0.2, 0.25) is 0 Å². The minimum Gasteiger partial charge on any atom is -0.378 e. The number of benzene rings is 1. The third-order valence-electron chi connectivity index (χ3n) is 4.03. The van der Waals surface area contributed by atoms with Gasteiger partial charge in [0.1, 0.15) is 5.82 Å². The quantitative estimate of drug-likeness (QED) is 0.873. The first kappa shape index (κ1) is 16.9. The van der Waals surface area contributed by atoms with Crippen molar-refractivity contribution in [2.24, 2.45) is 0 Å². The summed E-state index contributed by atoms with van der Waals surface area (Å²) < 4.78 is 6.34. The van der Waals surface area contributed by atoms with E-state index in [-0.39, 0.29) is 5.91 Å². The fraction of sp³-hybridized carbons (Fsp3) is 0.333. The van der Waals surface area contributed by atoms with Gasteiger partial charge in [-0.05, 0) is 48.4 Å². The van der Waals surface area contributed by atoms with Gasteiger partial charge in [-0.25, -0.2) is 4.98 Å². The molecule has 0 unspecified atom stereocenters. The van der Waals surface area contributed by atoms with E-state index < -0.39 is 0 Å². The molecule has 24 heavy (non-hydrogen) atoms. The zero-order valence-electron chi connectivity index (χ0n) is 13.6. The van der Waals surface area contributed by atoms with Gasteiger partial charge in [-0.2, -0.15) is 0 Å². The van der Waals surface area contributed by atoms with Gasteiger partial charge < -0.3 is 15.0 Å². The van der Waals surface area contributed by atoms with E-state index in [1.54, 1.807) is 6.20 Å². The Morgan fingerprint density at radius 3 is 2.83 bits per heavy atom. The molecule has 126 valence electrons. The number of aromatic nitrogens is 1. The Morgan fingerprint density at radius 1 is 1.29 bits per heavy atom. The topological polar surface area (TPSA) is 54.5 Å². The van der Waals surface area contributed by atoms with Crippen molar-refractivity contribution in [3.05, 3.63) is 57.7 Å². The van der Waals surface area contributed by atoms with Crippen LogP contribution in [0.4, 0.5) is 5.82 Å². The molecule has 0 spiro atoms. The number of pyridine rings is 1. The lowest BCUT2D eigenvalue weighted by atomic mass is 10.1. The van der Waals surface area contributed by atoms with Crippen LogP contribution in [0.1, 0.15) is 21.5 Å². The maximum atomic E-state index is 12.4. The predicted molar refractivity (Wildman–Crippen MR) is 97.3 cm³/mol. The molecule has 1 fully saturated rings. The van der Waals surface area contributed by atoms with Crippen LogP contribution in [0.2, 0.25) is 0 Å². The molecule has 0 aliphatic carbocycles. The normalized spacial score (nSPS) is 14.5. The molecular weight excluding hydrogens is 370 g/mol. The molecule has 3 rings (SSSR count). The number of amides is 1. The van der Waals surface area contributed by atoms with Crippen LogP contribution in [0, 0.1) is 6.92 Å². The number of nitrogens with zero attached hydrogens (tertiary/aromatic N) is 2. The molecule has 0 saturated carbocycles. The largest absolute Gasteiger partial charge is 0.378 e. The smallest absolute Gasteiger partial charge is 0.251 e. The first-order valence-electron chi connectivity index (χ1n) is 7.95. The summed E-state index contributed by atoms with van der Waals surface area (Å²) in [4.78, 5) is 19.0. The molecule has 0 atom stereocenters. The van der Waals surface area contributed by atoms with Gasteiger partial charge in [0.25, 0.3) is 5.91 Å². The minimum absolute atomic E-state index is 0.0651. The van der Waals surface area contributed by atoms with Crippen LogP contribution in [0.3, 0.4) is 0 Å². The summed E-state index contributed by atoms with van der Waals surface area (Å²) in [5, 5.41) is 2.98. The first-order valence-corrected chi connectivity index (χ1v) is 8.75. The summed E-state index contributed by atoms with van der Waals surface area (Å²) >= 11 is 3.41. The molecule has 1 aromatic carbocycles. The Hall–Kier alpha value is -1.92. The summed E-state index contributed by atoms with van der Waals surface area (Å²) in [7, 11) is 0. The lowest BCUT2D eigenvalue weighted by molar-refractivity contribution is 0.0950. The average Bonchev–Trinajstić information content (AvgIpc) is 2.61. The van der Waals surface area contributed by atoms with E-state index >= 15 is 0 Å². The van der Waals surface area contributed by atoms with Crippen molar-refractivity contribution >= 4 is 27.7 Å². The van der Waals surface area contributed by atoms with Crippen LogP contribution in [-0.2, 0) is 11.3 Å². The Balaban J connectivity index is 1.64. The van der Waals surface area contributed by atoms with Crippen LogP contribution in [0.5, 0.6) is 0 Å². The highest BCUT2D eigenvalue weighted by Gasteiger charge is 2.13. The van der Waals surface area contributed by atoms with Gasteiger partial charge >= 0.3 is 0 Å². The number of halogens is 1. The fourth-order valence-corrected chi connectivity index (χ4v) is 3.17. The van der Waals surface area contributed by atoms with E-state index in [0.29, 0.717) is 12.1 Å². The van der Waals surface area contributed by atoms with Crippen LogP contribution in [0.25, 0.3) is 0 Å². The van der Waals surface area contributed by atoms with E-state index in [9.17, 15) is 4.79 Å². The number of rotatable bonds is 4. The molecule has 1 N–H and O–H groups in total. The van der Waals surface area contributed by atoms with Crippen molar-refractivity contribution in [1.29, 1.82) is 0 Å². The molecule has 2 heterocycles. The Labute approximate surface area is 150 Å². The van der Waals surface area contributed by atoms with Crippen molar-refractivity contribution in [2.45, 2.75) is 13.5 Å². The van der Waals surface area contributed by atoms with Gasteiger partial charge in [-0.15, -0.1) is 0 Å². The van der Waals surface area contributed by atoms with Gasteiger partial charge in [0.15, 0.2) is 0 Å². The SMILES string of the molecule is Cc1cc(Br)ccc1C(=O)NCc1ccnc(N2CCOCC2)c1. The van der Waals surface area contributed by atoms with Crippen molar-refractivity contribution in [3.63, 3.8) is 0 Å². The van der Waals surface area contributed by atoms with Crippen molar-refractivity contribution < 1.29 is 9.53 Å². The number of hydrogen-bond acceptors (Lipinski definition) is 4. The Kier molecular flexibility index (Phi) is 5.48. The van der Waals surface area contributed by atoms with Gasteiger partial charge in [0, 0.05) is 35.9 Å². The second-order valence-corrected chi connectivity index (χ2v) is 6.68. The van der Waals surface area contributed by atoms with Crippen LogP contribution in [-0.4, -0.2) is 37.2 Å². The van der Waals surface area contributed by atoms with Crippen LogP contribution in [0.15, 0.2) is 41.0 Å². The molecule has 6 heteroatoms. The van der Waals surface area contributed by atoms with Gasteiger partial charge in [-0.3, -0.25) is 4.79 Å². The second-order valence-electron chi connectivity index (χ2n) is 5.76.